The van der Waals surface area contributed by atoms with Crippen LogP contribution in [0.2, 0.25) is 0 Å². The third-order valence-corrected chi connectivity index (χ3v) is 7.58. The maximum Gasteiger partial charge on any atom is 0.0702 e. The van der Waals surface area contributed by atoms with E-state index in [9.17, 15) is 0 Å². The summed E-state index contributed by atoms with van der Waals surface area (Å²) in [5.41, 5.74) is 9.73. The molecule has 0 fully saturated rings. The van der Waals surface area contributed by atoms with Crippen LogP contribution in [-0.2, 0) is 0 Å². The molecule has 3 heterocycles. The summed E-state index contributed by atoms with van der Waals surface area (Å²) in [6.07, 6.45) is 3.67. The third-order valence-electron chi connectivity index (χ3n) is 6.94. The summed E-state index contributed by atoms with van der Waals surface area (Å²) in [5, 5.41) is 2.47. The van der Waals surface area contributed by atoms with Crippen LogP contribution in [-0.4, -0.2) is 14.5 Å². The summed E-state index contributed by atoms with van der Waals surface area (Å²) >= 11 is 3.82. The van der Waals surface area contributed by atoms with Gasteiger partial charge in [0.2, 0.25) is 0 Å². The van der Waals surface area contributed by atoms with E-state index in [2.05, 4.69) is 115 Å². The molecular formula is C34H22BrN3. The van der Waals surface area contributed by atoms with Crippen LogP contribution in [0, 0.1) is 0 Å². The largest absolute Gasteiger partial charge is 0.308 e. The van der Waals surface area contributed by atoms with Crippen molar-refractivity contribution in [3.05, 3.63) is 138 Å². The fraction of sp³-hybridized carbons (Fsp3) is 0. The van der Waals surface area contributed by atoms with Crippen LogP contribution in [0.4, 0.5) is 0 Å². The molecule has 0 aliphatic carbocycles. The number of halogens is 1. The first-order chi connectivity index (χ1) is 18.8. The Balaban J connectivity index is 1.45. The van der Waals surface area contributed by atoms with E-state index in [1.54, 1.807) is 0 Å². The topological polar surface area (TPSA) is 30.7 Å². The summed E-state index contributed by atoms with van der Waals surface area (Å²) in [5.74, 6) is 0. The van der Waals surface area contributed by atoms with Gasteiger partial charge in [0.25, 0.3) is 0 Å². The lowest BCUT2D eigenvalue weighted by Gasteiger charge is -2.13. The molecule has 0 spiro atoms. The maximum atomic E-state index is 4.63. The Labute approximate surface area is 229 Å². The number of para-hydroxylation sites is 2. The Morgan fingerprint density at radius 1 is 0.500 bits per heavy atom. The molecule has 3 nitrogen and oxygen atoms in total. The van der Waals surface area contributed by atoms with Crippen LogP contribution in [0.15, 0.2) is 138 Å². The van der Waals surface area contributed by atoms with E-state index in [0.717, 1.165) is 43.8 Å². The molecule has 0 saturated heterocycles. The molecule has 0 atom stereocenters. The van der Waals surface area contributed by atoms with Crippen molar-refractivity contribution in [2.75, 3.05) is 0 Å². The highest BCUT2D eigenvalue weighted by molar-refractivity contribution is 9.10. The average Bonchev–Trinajstić information content (AvgIpc) is 3.34. The van der Waals surface area contributed by atoms with Crippen molar-refractivity contribution in [1.82, 2.24) is 14.5 Å². The lowest BCUT2D eigenvalue weighted by Crippen LogP contribution is -1.95. The molecule has 0 saturated carbocycles. The number of nitrogens with zero attached hydrogens (tertiary/aromatic N) is 3. The van der Waals surface area contributed by atoms with Gasteiger partial charge in [0.05, 0.1) is 22.4 Å². The van der Waals surface area contributed by atoms with Gasteiger partial charge in [0, 0.05) is 44.5 Å². The Hall–Kier alpha value is -4.54. The van der Waals surface area contributed by atoms with Crippen molar-refractivity contribution in [1.29, 1.82) is 0 Å². The lowest BCUT2D eigenvalue weighted by molar-refractivity contribution is 1.18. The average molecular weight is 552 g/mol. The van der Waals surface area contributed by atoms with Crippen molar-refractivity contribution >= 4 is 37.7 Å². The molecule has 7 aromatic rings. The molecule has 0 N–H and O–H groups in total. The molecule has 0 aliphatic heterocycles. The third kappa shape index (κ3) is 3.90. The molecule has 4 aromatic carbocycles. The molecular weight excluding hydrogens is 530 g/mol. The first-order valence-corrected chi connectivity index (χ1v) is 13.3. The minimum Gasteiger partial charge on any atom is -0.308 e. The number of aromatic nitrogens is 3. The summed E-state index contributed by atoms with van der Waals surface area (Å²) in [6.45, 7) is 0. The van der Waals surface area contributed by atoms with Crippen molar-refractivity contribution < 1.29 is 0 Å². The first kappa shape index (κ1) is 22.6. The molecule has 38 heavy (non-hydrogen) atoms. The van der Waals surface area contributed by atoms with Crippen molar-refractivity contribution in [3.8, 4) is 39.3 Å². The summed E-state index contributed by atoms with van der Waals surface area (Å²) in [6, 6.07) is 42.4. The molecule has 4 heteroatoms. The summed E-state index contributed by atoms with van der Waals surface area (Å²) < 4.78 is 3.42. The maximum absolute atomic E-state index is 4.63. The van der Waals surface area contributed by atoms with Crippen LogP contribution >= 0.6 is 15.9 Å². The van der Waals surface area contributed by atoms with Gasteiger partial charge in [-0.3, -0.25) is 9.97 Å². The smallest absolute Gasteiger partial charge is 0.0702 e. The quantitative estimate of drug-likeness (QED) is 0.218. The second-order valence-electron chi connectivity index (χ2n) is 9.27. The standard InChI is InChI=1S/C34H22BrN3/c35-30-13-8-12-29-28-11-1-2-16-33(28)38(34(29)30)27-10-7-9-23(22-27)24-19-25(31-14-3-5-17-36-31)21-26(20-24)32-15-4-6-18-37-32/h1-22H. The summed E-state index contributed by atoms with van der Waals surface area (Å²) in [7, 11) is 0. The molecule has 0 aliphatic rings. The van der Waals surface area contributed by atoms with Gasteiger partial charge in [-0.15, -0.1) is 0 Å². The highest BCUT2D eigenvalue weighted by Crippen LogP contribution is 2.37. The van der Waals surface area contributed by atoms with Crippen LogP contribution in [0.5, 0.6) is 0 Å². The zero-order chi connectivity index (χ0) is 25.5. The highest BCUT2D eigenvalue weighted by atomic mass is 79.9. The van der Waals surface area contributed by atoms with Crippen LogP contribution in [0.1, 0.15) is 0 Å². The van der Waals surface area contributed by atoms with E-state index in [1.807, 2.05) is 48.8 Å². The zero-order valence-electron chi connectivity index (χ0n) is 20.4. The summed E-state index contributed by atoms with van der Waals surface area (Å²) in [4.78, 5) is 9.25. The normalized spacial score (nSPS) is 11.3. The number of benzene rings is 4. The van der Waals surface area contributed by atoms with Crippen molar-refractivity contribution in [2.45, 2.75) is 0 Å². The van der Waals surface area contributed by atoms with E-state index in [4.69, 9.17) is 0 Å². The van der Waals surface area contributed by atoms with Gasteiger partial charge in [-0.1, -0.05) is 54.6 Å². The van der Waals surface area contributed by atoms with Gasteiger partial charge >= 0.3 is 0 Å². The number of hydrogen-bond donors (Lipinski definition) is 0. The van der Waals surface area contributed by atoms with E-state index in [-0.39, 0.29) is 0 Å². The monoisotopic (exact) mass is 551 g/mol. The molecule has 3 aromatic heterocycles. The predicted molar refractivity (Wildman–Crippen MR) is 160 cm³/mol. The number of hydrogen-bond acceptors (Lipinski definition) is 2. The number of pyridine rings is 2. The van der Waals surface area contributed by atoms with E-state index in [1.165, 1.54) is 21.8 Å². The van der Waals surface area contributed by atoms with E-state index >= 15 is 0 Å². The van der Waals surface area contributed by atoms with Gasteiger partial charge in [0.15, 0.2) is 0 Å². The zero-order valence-corrected chi connectivity index (χ0v) is 22.0. The first-order valence-electron chi connectivity index (χ1n) is 12.5. The highest BCUT2D eigenvalue weighted by Gasteiger charge is 2.15. The Morgan fingerprint density at radius 2 is 1.13 bits per heavy atom. The Kier molecular flexibility index (Phi) is 5.60. The van der Waals surface area contributed by atoms with E-state index in [0.29, 0.717) is 0 Å². The second kappa shape index (κ2) is 9.40. The molecule has 7 rings (SSSR count). The van der Waals surface area contributed by atoms with Gasteiger partial charge in [0.1, 0.15) is 0 Å². The minimum atomic E-state index is 0.939. The molecule has 0 radical (unpaired) electrons. The van der Waals surface area contributed by atoms with Crippen molar-refractivity contribution in [3.63, 3.8) is 0 Å². The lowest BCUT2D eigenvalue weighted by atomic mass is 9.96. The Bertz CT molecular complexity index is 1870. The predicted octanol–water partition coefficient (Wildman–Crippen LogP) is 9.34. The Morgan fingerprint density at radius 3 is 1.84 bits per heavy atom. The van der Waals surface area contributed by atoms with Gasteiger partial charge in [-0.2, -0.15) is 0 Å². The van der Waals surface area contributed by atoms with Gasteiger partial charge < -0.3 is 4.57 Å². The van der Waals surface area contributed by atoms with Crippen LogP contribution in [0.25, 0.3) is 61.1 Å². The van der Waals surface area contributed by atoms with Gasteiger partial charge in [-0.05, 0) is 93.8 Å². The molecule has 0 bridgehead atoms. The van der Waals surface area contributed by atoms with Gasteiger partial charge in [-0.25, -0.2) is 0 Å². The minimum absolute atomic E-state index is 0.939. The number of fused-ring (bicyclic) bond motifs is 3. The van der Waals surface area contributed by atoms with Crippen LogP contribution in [0.3, 0.4) is 0 Å². The molecule has 0 unspecified atom stereocenters. The SMILES string of the molecule is Brc1cccc2c3ccccc3n(-c3cccc(-c4cc(-c5ccccn5)cc(-c5ccccn5)c4)c3)c12. The van der Waals surface area contributed by atoms with Crippen LogP contribution < -0.4 is 0 Å². The fourth-order valence-corrected chi connectivity index (χ4v) is 5.77. The van der Waals surface area contributed by atoms with E-state index < -0.39 is 0 Å². The van der Waals surface area contributed by atoms with Crippen molar-refractivity contribution in [2.24, 2.45) is 0 Å². The second-order valence-corrected chi connectivity index (χ2v) is 10.1. The molecule has 0 amide bonds. The number of rotatable bonds is 4. The fourth-order valence-electron chi connectivity index (χ4n) is 5.23. The molecule has 180 valence electrons.